The minimum absolute atomic E-state index is 0.0506. The van der Waals surface area contributed by atoms with Gasteiger partial charge in [-0.15, -0.1) is 0 Å². The number of nitrogens with one attached hydrogen (secondary N) is 1. The Balaban J connectivity index is 1.64. The number of carbonyl (C=O) groups excluding carboxylic acids is 2. The highest BCUT2D eigenvalue weighted by molar-refractivity contribution is 6.00. The van der Waals surface area contributed by atoms with E-state index in [-0.39, 0.29) is 18.3 Å². The van der Waals surface area contributed by atoms with Gasteiger partial charge in [-0.25, -0.2) is 0 Å². The lowest BCUT2D eigenvalue weighted by Crippen LogP contribution is -2.35. The summed E-state index contributed by atoms with van der Waals surface area (Å²) < 4.78 is 11.3. The number of benzene rings is 2. The van der Waals surface area contributed by atoms with Gasteiger partial charge >= 0.3 is 0 Å². The van der Waals surface area contributed by atoms with Crippen LogP contribution in [-0.2, 0) is 4.79 Å². The topological polar surface area (TPSA) is 64.6 Å². The van der Waals surface area contributed by atoms with Crippen LogP contribution in [-0.4, -0.2) is 23.9 Å². The predicted octanol–water partition coefficient (Wildman–Crippen LogP) is 3.45. The van der Waals surface area contributed by atoms with Crippen LogP contribution in [0.25, 0.3) is 0 Å². The summed E-state index contributed by atoms with van der Waals surface area (Å²) >= 11 is 0. The second kappa shape index (κ2) is 6.35. The lowest BCUT2D eigenvalue weighted by atomic mass is 9.93. The van der Waals surface area contributed by atoms with Gasteiger partial charge in [0, 0.05) is 11.8 Å². The van der Waals surface area contributed by atoms with Crippen LogP contribution in [0.4, 0.5) is 5.69 Å². The number of rotatable bonds is 4. The second-order valence-corrected chi connectivity index (χ2v) is 6.32. The first-order valence-corrected chi connectivity index (χ1v) is 7.77. The highest BCUT2D eigenvalue weighted by Crippen LogP contribution is 2.35. The van der Waals surface area contributed by atoms with Crippen molar-refractivity contribution in [2.24, 2.45) is 0 Å². The van der Waals surface area contributed by atoms with Gasteiger partial charge in [-0.05, 0) is 38.1 Å². The zero-order valence-corrected chi connectivity index (χ0v) is 13.7. The maximum Gasteiger partial charge on any atom is 0.262 e. The van der Waals surface area contributed by atoms with Crippen molar-refractivity contribution in [2.75, 3.05) is 11.9 Å². The largest absolute Gasteiger partial charge is 0.486 e. The van der Waals surface area contributed by atoms with Gasteiger partial charge in [0.25, 0.3) is 5.91 Å². The molecular weight excluding hydrogens is 306 g/mol. The van der Waals surface area contributed by atoms with Crippen molar-refractivity contribution in [1.29, 1.82) is 0 Å². The van der Waals surface area contributed by atoms with Gasteiger partial charge < -0.3 is 14.8 Å². The number of Topliss-reactive ketones (excluding diaryl/α,β-unsaturated/α-hetero) is 1. The summed E-state index contributed by atoms with van der Waals surface area (Å²) in [6, 6.07) is 14.2. The van der Waals surface area contributed by atoms with Crippen LogP contribution >= 0.6 is 0 Å². The van der Waals surface area contributed by atoms with Crippen molar-refractivity contribution in [1.82, 2.24) is 0 Å². The highest BCUT2D eigenvalue weighted by Gasteiger charge is 2.32. The molecule has 5 heteroatoms. The van der Waals surface area contributed by atoms with E-state index in [4.69, 9.17) is 9.47 Å². The third-order valence-electron chi connectivity index (χ3n) is 3.65. The zero-order chi connectivity index (χ0) is 17.2. The molecule has 0 radical (unpaired) electrons. The number of anilines is 1. The van der Waals surface area contributed by atoms with Gasteiger partial charge in [0.05, 0.1) is 12.0 Å². The van der Waals surface area contributed by atoms with E-state index in [1.54, 1.807) is 30.3 Å². The fraction of sp³-hybridized carbons (Fsp3) is 0.263. The third-order valence-corrected chi connectivity index (χ3v) is 3.65. The average Bonchev–Trinajstić information content (AvgIpc) is 2.52. The summed E-state index contributed by atoms with van der Waals surface area (Å²) in [5, 5.41) is 2.75. The molecule has 1 heterocycles. The zero-order valence-electron chi connectivity index (χ0n) is 13.7. The molecule has 0 atom stereocenters. The first-order valence-electron chi connectivity index (χ1n) is 7.77. The van der Waals surface area contributed by atoms with Gasteiger partial charge in [0.1, 0.15) is 17.1 Å². The number of fused-ring (bicyclic) bond motifs is 1. The standard InChI is InChI=1S/C19H19NO4/c1-19(2)11-16(21)15-9-8-14(10-17(15)24-19)23-12-18(22)20-13-6-4-3-5-7-13/h3-10H,11-12H2,1-2H3,(H,20,22). The van der Waals surface area contributed by atoms with Crippen molar-refractivity contribution in [3.05, 3.63) is 54.1 Å². The summed E-state index contributed by atoms with van der Waals surface area (Å²) in [4.78, 5) is 24.0. The molecule has 0 fully saturated rings. The number of amides is 1. The smallest absolute Gasteiger partial charge is 0.262 e. The van der Waals surface area contributed by atoms with E-state index in [9.17, 15) is 9.59 Å². The van der Waals surface area contributed by atoms with Crippen LogP contribution in [0.15, 0.2) is 48.5 Å². The van der Waals surface area contributed by atoms with Gasteiger partial charge in [-0.3, -0.25) is 9.59 Å². The van der Waals surface area contributed by atoms with Crippen LogP contribution < -0.4 is 14.8 Å². The predicted molar refractivity (Wildman–Crippen MR) is 90.7 cm³/mol. The number of ether oxygens (including phenoxy) is 2. The summed E-state index contributed by atoms with van der Waals surface area (Å²) in [7, 11) is 0. The number of ketones is 1. The minimum Gasteiger partial charge on any atom is -0.486 e. The molecule has 0 aliphatic carbocycles. The minimum atomic E-state index is -0.534. The number of hydrogen-bond acceptors (Lipinski definition) is 4. The van der Waals surface area contributed by atoms with Gasteiger partial charge in [0.15, 0.2) is 12.4 Å². The van der Waals surface area contributed by atoms with Gasteiger partial charge in [-0.1, -0.05) is 18.2 Å². The SMILES string of the molecule is CC1(C)CC(=O)c2ccc(OCC(=O)Nc3ccccc3)cc2O1. The van der Waals surface area contributed by atoms with Crippen molar-refractivity contribution >= 4 is 17.4 Å². The molecule has 24 heavy (non-hydrogen) atoms. The fourth-order valence-electron chi connectivity index (χ4n) is 2.59. The van der Waals surface area contributed by atoms with E-state index in [2.05, 4.69) is 5.32 Å². The number of carbonyl (C=O) groups is 2. The Labute approximate surface area is 140 Å². The van der Waals surface area contributed by atoms with Crippen molar-refractivity contribution < 1.29 is 19.1 Å². The number of para-hydroxylation sites is 1. The lowest BCUT2D eigenvalue weighted by molar-refractivity contribution is -0.118. The van der Waals surface area contributed by atoms with E-state index >= 15 is 0 Å². The molecule has 1 amide bonds. The molecular formula is C19H19NO4. The van der Waals surface area contributed by atoms with Crippen LogP contribution in [0, 0.1) is 0 Å². The van der Waals surface area contributed by atoms with Crippen LogP contribution in [0.3, 0.4) is 0 Å². The molecule has 3 rings (SSSR count). The third kappa shape index (κ3) is 3.74. The lowest BCUT2D eigenvalue weighted by Gasteiger charge is -2.31. The normalized spacial score (nSPS) is 15.2. The highest BCUT2D eigenvalue weighted by atomic mass is 16.5. The Hall–Kier alpha value is -2.82. The maximum absolute atomic E-state index is 12.1. The van der Waals surface area contributed by atoms with E-state index < -0.39 is 5.60 Å². The summed E-state index contributed by atoms with van der Waals surface area (Å²) in [6.07, 6.45) is 0.347. The maximum atomic E-state index is 12.1. The van der Waals surface area contributed by atoms with Crippen molar-refractivity contribution in [3.8, 4) is 11.5 Å². The van der Waals surface area contributed by atoms with Gasteiger partial charge in [0.2, 0.25) is 0 Å². The van der Waals surface area contributed by atoms with Gasteiger partial charge in [-0.2, -0.15) is 0 Å². The molecule has 124 valence electrons. The first kappa shape index (κ1) is 16.1. The summed E-state index contributed by atoms with van der Waals surface area (Å²) in [5.41, 5.74) is 0.732. The number of hydrogen-bond donors (Lipinski definition) is 1. The summed E-state index contributed by atoms with van der Waals surface area (Å²) in [5.74, 6) is 0.783. The Morgan fingerprint density at radius 1 is 1.21 bits per heavy atom. The molecule has 0 bridgehead atoms. The molecule has 0 saturated heterocycles. The average molecular weight is 325 g/mol. The Morgan fingerprint density at radius 2 is 1.96 bits per heavy atom. The molecule has 0 saturated carbocycles. The fourth-order valence-corrected chi connectivity index (χ4v) is 2.59. The molecule has 1 N–H and O–H groups in total. The molecule has 2 aromatic rings. The molecule has 0 unspecified atom stereocenters. The first-order chi connectivity index (χ1) is 11.4. The van der Waals surface area contributed by atoms with Crippen LogP contribution in [0.2, 0.25) is 0 Å². The molecule has 5 nitrogen and oxygen atoms in total. The van der Waals surface area contributed by atoms with Crippen molar-refractivity contribution in [3.63, 3.8) is 0 Å². The summed E-state index contributed by atoms with van der Waals surface area (Å²) in [6.45, 7) is 3.62. The quantitative estimate of drug-likeness (QED) is 0.935. The van der Waals surface area contributed by atoms with Crippen LogP contribution in [0.5, 0.6) is 11.5 Å². The van der Waals surface area contributed by atoms with E-state index in [1.807, 2.05) is 32.0 Å². The van der Waals surface area contributed by atoms with Crippen LogP contribution in [0.1, 0.15) is 30.6 Å². The Morgan fingerprint density at radius 3 is 2.71 bits per heavy atom. The molecule has 0 aromatic heterocycles. The van der Waals surface area contributed by atoms with Crippen molar-refractivity contribution in [2.45, 2.75) is 25.9 Å². The van der Waals surface area contributed by atoms with E-state index in [0.29, 0.717) is 29.2 Å². The Kier molecular flexibility index (Phi) is 4.25. The van der Waals surface area contributed by atoms with E-state index in [1.165, 1.54) is 0 Å². The molecule has 2 aromatic carbocycles. The van der Waals surface area contributed by atoms with E-state index in [0.717, 1.165) is 0 Å². The second-order valence-electron chi connectivity index (χ2n) is 6.32. The molecule has 1 aliphatic heterocycles. The monoisotopic (exact) mass is 325 g/mol. The molecule has 0 spiro atoms. The Bertz CT molecular complexity index is 768. The molecule has 1 aliphatic rings.